The van der Waals surface area contributed by atoms with Crippen molar-refractivity contribution in [1.82, 2.24) is 4.90 Å². The van der Waals surface area contributed by atoms with Crippen LogP contribution in [0.2, 0.25) is 10.0 Å². The van der Waals surface area contributed by atoms with Gasteiger partial charge in [0.1, 0.15) is 5.75 Å². The van der Waals surface area contributed by atoms with Crippen molar-refractivity contribution in [3.63, 3.8) is 0 Å². The molecule has 1 aromatic rings. The fourth-order valence-corrected chi connectivity index (χ4v) is 2.53. The summed E-state index contributed by atoms with van der Waals surface area (Å²) in [7, 11) is 2.12. The van der Waals surface area contributed by atoms with Crippen molar-refractivity contribution in [1.29, 1.82) is 0 Å². The zero-order valence-electron chi connectivity index (χ0n) is 9.21. The molecule has 0 atom stereocenters. The fourth-order valence-electron chi connectivity index (χ4n) is 2.20. The van der Waals surface area contributed by atoms with Crippen molar-refractivity contribution < 1.29 is 5.11 Å². The second-order valence-electron chi connectivity index (χ2n) is 4.40. The van der Waals surface area contributed by atoms with E-state index >= 15 is 0 Å². The average molecular weight is 260 g/mol. The third kappa shape index (κ3) is 2.45. The number of rotatable bonds is 1. The Morgan fingerprint density at radius 2 is 1.75 bits per heavy atom. The maximum absolute atomic E-state index is 9.88. The van der Waals surface area contributed by atoms with Crippen molar-refractivity contribution in [3.8, 4) is 5.75 Å². The van der Waals surface area contributed by atoms with Gasteiger partial charge in [0.25, 0.3) is 0 Å². The normalized spacial score (nSPS) is 18.9. The molecule has 1 fully saturated rings. The van der Waals surface area contributed by atoms with Crippen LogP contribution in [-0.2, 0) is 0 Å². The standard InChI is InChI=1S/C12H15Cl2NO/c1-15-4-2-8(3-5-15)9-6-10(13)11(14)7-12(9)16/h6-8,16H,2-5H2,1H3. The van der Waals surface area contributed by atoms with Gasteiger partial charge in [0.2, 0.25) is 0 Å². The molecule has 2 nitrogen and oxygen atoms in total. The van der Waals surface area contributed by atoms with E-state index < -0.39 is 0 Å². The predicted molar refractivity (Wildman–Crippen MR) is 67.6 cm³/mol. The first-order valence-electron chi connectivity index (χ1n) is 5.44. The van der Waals surface area contributed by atoms with E-state index in [4.69, 9.17) is 23.2 Å². The quantitative estimate of drug-likeness (QED) is 0.835. The third-order valence-electron chi connectivity index (χ3n) is 3.23. The van der Waals surface area contributed by atoms with E-state index in [-0.39, 0.29) is 5.75 Å². The summed E-state index contributed by atoms with van der Waals surface area (Å²) in [5.41, 5.74) is 0.933. The molecule has 0 aliphatic carbocycles. The van der Waals surface area contributed by atoms with E-state index in [0.29, 0.717) is 16.0 Å². The summed E-state index contributed by atoms with van der Waals surface area (Å²) in [6.07, 6.45) is 2.12. The Morgan fingerprint density at radius 3 is 2.38 bits per heavy atom. The van der Waals surface area contributed by atoms with Crippen LogP contribution in [-0.4, -0.2) is 30.1 Å². The number of likely N-dealkylation sites (tertiary alicyclic amines) is 1. The van der Waals surface area contributed by atoms with Crippen molar-refractivity contribution in [2.45, 2.75) is 18.8 Å². The second-order valence-corrected chi connectivity index (χ2v) is 5.22. The highest BCUT2D eigenvalue weighted by atomic mass is 35.5. The van der Waals surface area contributed by atoms with Crippen molar-refractivity contribution in [3.05, 3.63) is 27.7 Å². The Hall–Kier alpha value is -0.440. The third-order valence-corrected chi connectivity index (χ3v) is 3.95. The van der Waals surface area contributed by atoms with E-state index in [9.17, 15) is 5.11 Å². The van der Waals surface area contributed by atoms with Crippen molar-refractivity contribution in [2.24, 2.45) is 0 Å². The Labute approximate surface area is 106 Å². The molecule has 4 heteroatoms. The predicted octanol–water partition coefficient (Wildman–Crippen LogP) is 3.51. The second kappa shape index (κ2) is 4.82. The number of nitrogens with zero attached hydrogens (tertiary/aromatic N) is 1. The first-order chi connectivity index (χ1) is 7.58. The van der Waals surface area contributed by atoms with E-state index in [2.05, 4.69) is 11.9 Å². The van der Waals surface area contributed by atoms with Gasteiger partial charge in [-0.05, 0) is 50.5 Å². The minimum Gasteiger partial charge on any atom is -0.508 e. The lowest BCUT2D eigenvalue weighted by Gasteiger charge is -2.29. The monoisotopic (exact) mass is 259 g/mol. The van der Waals surface area contributed by atoms with Crippen LogP contribution in [0.1, 0.15) is 24.3 Å². The summed E-state index contributed by atoms with van der Waals surface area (Å²) in [5, 5.41) is 10.8. The summed E-state index contributed by atoms with van der Waals surface area (Å²) >= 11 is 11.8. The van der Waals surface area contributed by atoms with E-state index in [1.54, 1.807) is 6.07 Å². The van der Waals surface area contributed by atoms with Gasteiger partial charge < -0.3 is 10.0 Å². The van der Waals surface area contributed by atoms with E-state index in [1.165, 1.54) is 6.07 Å². The first kappa shape index (κ1) is 12.0. The SMILES string of the molecule is CN1CCC(c2cc(Cl)c(Cl)cc2O)CC1. The average Bonchev–Trinajstić information content (AvgIpc) is 2.25. The van der Waals surface area contributed by atoms with Crippen LogP contribution in [0.5, 0.6) is 5.75 Å². The van der Waals surface area contributed by atoms with Gasteiger partial charge in [-0.1, -0.05) is 23.2 Å². The van der Waals surface area contributed by atoms with Crippen LogP contribution < -0.4 is 0 Å². The van der Waals surface area contributed by atoms with Crippen LogP contribution in [0.15, 0.2) is 12.1 Å². The summed E-state index contributed by atoms with van der Waals surface area (Å²) in [5.74, 6) is 0.662. The molecule has 0 saturated carbocycles. The number of phenols is 1. The molecular weight excluding hydrogens is 245 g/mol. The highest BCUT2D eigenvalue weighted by Crippen LogP contribution is 2.38. The lowest BCUT2D eigenvalue weighted by molar-refractivity contribution is 0.253. The number of piperidine rings is 1. The molecule has 0 unspecified atom stereocenters. The molecule has 88 valence electrons. The number of benzene rings is 1. The van der Waals surface area contributed by atoms with E-state index in [1.807, 2.05) is 0 Å². The van der Waals surface area contributed by atoms with Gasteiger partial charge in [0, 0.05) is 6.07 Å². The lowest BCUT2D eigenvalue weighted by Crippen LogP contribution is -2.29. The summed E-state index contributed by atoms with van der Waals surface area (Å²) in [6, 6.07) is 3.34. The molecule has 1 aliphatic heterocycles. The van der Waals surface area contributed by atoms with Gasteiger partial charge in [-0.25, -0.2) is 0 Å². The Kier molecular flexibility index (Phi) is 3.63. The zero-order valence-corrected chi connectivity index (χ0v) is 10.7. The fraction of sp³-hybridized carbons (Fsp3) is 0.500. The molecule has 0 aromatic heterocycles. The number of phenolic OH excluding ortho intramolecular Hbond substituents is 1. The molecule has 1 aliphatic rings. The number of halogens is 2. The smallest absolute Gasteiger partial charge is 0.120 e. The van der Waals surface area contributed by atoms with Crippen LogP contribution in [0.4, 0.5) is 0 Å². The molecule has 0 bridgehead atoms. The minimum absolute atomic E-state index is 0.268. The Morgan fingerprint density at radius 1 is 1.19 bits per heavy atom. The summed E-state index contributed by atoms with van der Waals surface area (Å²) in [6.45, 7) is 2.12. The van der Waals surface area contributed by atoms with Crippen molar-refractivity contribution >= 4 is 23.2 Å². The van der Waals surface area contributed by atoms with Crippen LogP contribution in [0.25, 0.3) is 0 Å². The highest BCUT2D eigenvalue weighted by Gasteiger charge is 2.21. The number of hydrogen-bond donors (Lipinski definition) is 1. The molecule has 1 heterocycles. The molecule has 1 N–H and O–H groups in total. The van der Waals surface area contributed by atoms with Gasteiger partial charge in [0.15, 0.2) is 0 Å². The Balaban J connectivity index is 2.23. The molecule has 16 heavy (non-hydrogen) atoms. The summed E-state index contributed by atoms with van der Waals surface area (Å²) < 4.78 is 0. The maximum Gasteiger partial charge on any atom is 0.120 e. The van der Waals surface area contributed by atoms with Gasteiger partial charge in [-0.15, -0.1) is 0 Å². The Bertz CT molecular complexity index is 387. The molecule has 0 amide bonds. The molecule has 0 radical (unpaired) electrons. The van der Waals surface area contributed by atoms with Crippen LogP contribution in [0.3, 0.4) is 0 Å². The van der Waals surface area contributed by atoms with Gasteiger partial charge in [-0.2, -0.15) is 0 Å². The minimum atomic E-state index is 0.268. The molecule has 2 rings (SSSR count). The summed E-state index contributed by atoms with van der Waals surface area (Å²) in [4.78, 5) is 2.30. The number of hydrogen-bond acceptors (Lipinski definition) is 2. The van der Waals surface area contributed by atoms with E-state index in [0.717, 1.165) is 31.5 Å². The molecule has 1 saturated heterocycles. The van der Waals surface area contributed by atoms with Crippen molar-refractivity contribution in [2.75, 3.05) is 20.1 Å². The van der Waals surface area contributed by atoms with Gasteiger partial charge >= 0.3 is 0 Å². The largest absolute Gasteiger partial charge is 0.508 e. The van der Waals surface area contributed by atoms with Crippen LogP contribution >= 0.6 is 23.2 Å². The molecule has 0 spiro atoms. The van der Waals surface area contributed by atoms with Gasteiger partial charge in [-0.3, -0.25) is 0 Å². The van der Waals surface area contributed by atoms with Gasteiger partial charge in [0.05, 0.1) is 10.0 Å². The molecular formula is C12H15Cl2NO. The first-order valence-corrected chi connectivity index (χ1v) is 6.20. The van der Waals surface area contributed by atoms with Crippen LogP contribution in [0, 0.1) is 0 Å². The highest BCUT2D eigenvalue weighted by molar-refractivity contribution is 6.42. The zero-order chi connectivity index (χ0) is 11.7. The molecule has 1 aromatic carbocycles. The number of aromatic hydroxyl groups is 1. The topological polar surface area (TPSA) is 23.5 Å². The lowest BCUT2D eigenvalue weighted by atomic mass is 9.89. The maximum atomic E-state index is 9.88.